The molecule has 0 saturated carbocycles. The highest BCUT2D eigenvalue weighted by Gasteiger charge is 2.22. The van der Waals surface area contributed by atoms with E-state index in [9.17, 15) is 4.79 Å². The minimum Gasteiger partial charge on any atom is -0.497 e. The van der Waals surface area contributed by atoms with Crippen molar-refractivity contribution < 1.29 is 9.53 Å². The van der Waals surface area contributed by atoms with Gasteiger partial charge in [0.05, 0.1) is 7.11 Å². The molecular weight excluding hydrogens is 352 g/mol. The van der Waals surface area contributed by atoms with Crippen LogP contribution in [0.5, 0.6) is 5.75 Å². The van der Waals surface area contributed by atoms with E-state index in [1.54, 1.807) is 14.2 Å². The Labute approximate surface area is 169 Å². The van der Waals surface area contributed by atoms with E-state index >= 15 is 0 Å². The third-order valence-corrected chi connectivity index (χ3v) is 5.30. The Bertz CT molecular complexity index is 607. The molecule has 156 valence electrons. The van der Waals surface area contributed by atoms with Gasteiger partial charge in [0.25, 0.3) is 0 Å². The lowest BCUT2D eigenvalue weighted by Gasteiger charge is -2.34. The number of guanidine groups is 1. The fraction of sp³-hybridized carbons (Fsp3) is 0.636. The molecule has 0 unspecified atom stereocenters. The second-order valence-corrected chi connectivity index (χ2v) is 7.35. The van der Waals surface area contributed by atoms with Crippen molar-refractivity contribution in [1.29, 1.82) is 0 Å². The van der Waals surface area contributed by atoms with Crippen molar-refractivity contribution in [3.05, 3.63) is 29.8 Å². The zero-order valence-electron chi connectivity index (χ0n) is 17.7. The molecule has 0 atom stereocenters. The van der Waals surface area contributed by atoms with Crippen LogP contribution < -0.4 is 15.4 Å². The van der Waals surface area contributed by atoms with Crippen molar-refractivity contribution in [2.45, 2.75) is 45.4 Å². The average molecular weight is 389 g/mol. The van der Waals surface area contributed by atoms with Gasteiger partial charge in [0, 0.05) is 39.6 Å². The topological polar surface area (TPSA) is 66.0 Å². The van der Waals surface area contributed by atoms with Gasteiger partial charge >= 0.3 is 0 Å². The summed E-state index contributed by atoms with van der Waals surface area (Å²) in [6.07, 6.45) is 6.02. The average Bonchev–Trinajstić information content (AvgIpc) is 2.73. The molecule has 6 heteroatoms. The summed E-state index contributed by atoms with van der Waals surface area (Å²) in [6, 6.07) is 8.30. The molecule has 1 fully saturated rings. The molecule has 0 bridgehead atoms. The summed E-state index contributed by atoms with van der Waals surface area (Å²) < 4.78 is 5.20. The van der Waals surface area contributed by atoms with Crippen molar-refractivity contribution in [2.75, 3.05) is 40.3 Å². The number of carbonyl (C=O) groups excluding carboxylic acids is 1. The number of nitrogens with zero attached hydrogens (tertiary/aromatic N) is 2. The van der Waals surface area contributed by atoms with E-state index in [1.165, 1.54) is 5.56 Å². The van der Waals surface area contributed by atoms with Crippen LogP contribution in [0.3, 0.4) is 0 Å². The molecule has 0 aromatic heterocycles. The monoisotopic (exact) mass is 388 g/mol. The van der Waals surface area contributed by atoms with Crippen molar-refractivity contribution >= 4 is 11.9 Å². The number of amides is 1. The lowest BCUT2D eigenvalue weighted by molar-refractivity contribution is -0.121. The molecule has 1 aromatic rings. The van der Waals surface area contributed by atoms with Gasteiger partial charge in [-0.25, -0.2) is 0 Å². The van der Waals surface area contributed by atoms with Crippen LogP contribution in [-0.4, -0.2) is 57.1 Å². The Balaban J connectivity index is 1.73. The smallest absolute Gasteiger partial charge is 0.220 e. The lowest BCUT2D eigenvalue weighted by Crippen LogP contribution is -2.46. The number of nitrogens with one attached hydrogen (secondary N) is 2. The molecule has 1 aliphatic heterocycles. The summed E-state index contributed by atoms with van der Waals surface area (Å²) in [5.41, 5.74) is 1.34. The number of hydrogen-bond acceptors (Lipinski definition) is 3. The quantitative estimate of drug-likeness (QED) is 0.388. The van der Waals surface area contributed by atoms with Crippen LogP contribution in [0.2, 0.25) is 0 Å². The van der Waals surface area contributed by atoms with Crippen LogP contribution in [0.1, 0.15) is 44.6 Å². The maximum atomic E-state index is 11.6. The van der Waals surface area contributed by atoms with E-state index < -0.39 is 0 Å². The third-order valence-electron chi connectivity index (χ3n) is 5.30. The first kappa shape index (κ1) is 22.1. The Kier molecular flexibility index (Phi) is 9.66. The van der Waals surface area contributed by atoms with Crippen molar-refractivity contribution in [1.82, 2.24) is 15.5 Å². The van der Waals surface area contributed by atoms with Gasteiger partial charge in [-0.2, -0.15) is 0 Å². The van der Waals surface area contributed by atoms with Gasteiger partial charge < -0.3 is 20.3 Å². The van der Waals surface area contributed by atoms with Crippen LogP contribution in [0.4, 0.5) is 0 Å². The maximum absolute atomic E-state index is 11.6. The van der Waals surface area contributed by atoms with Gasteiger partial charge in [-0.3, -0.25) is 9.79 Å². The van der Waals surface area contributed by atoms with Crippen LogP contribution in [-0.2, 0) is 11.2 Å². The standard InChI is InChI=1S/C22H36N4O2/c1-4-24-22(26-15-12-19(13-16-26)17-21(27)23-2)25-14-6-5-7-18-8-10-20(28-3)11-9-18/h8-11,19H,4-7,12-17H2,1-3H3,(H,23,27)(H,24,25). The maximum Gasteiger partial charge on any atom is 0.220 e. The molecular formula is C22H36N4O2. The van der Waals surface area contributed by atoms with Crippen LogP contribution in [0, 0.1) is 5.92 Å². The van der Waals surface area contributed by atoms with Crippen LogP contribution in [0.15, 0.2) is 29.3 Å². The zero-order chi connectivity index (χ0) is 20.2. The van der Waals surface area contributed by atoms with Crippen molar-refractivity contribution in [3.8, 4) is 5.75 Å². The molecule has 1 heterocycles. The number of likely N-dealkylation sites (tertiary alicyclic amines) is 1. The number of piperidine rings is 1. The van der Waals surface area contributed by atoms with Crippen molar-refractivity contribution in [2.24, 2.45) is 10.9 Å². The number of hydrogen-bond donors (Lipinski definition) is 2. The van der Waals surface area contributed by atoms with Gasteiger partial charge in [-0.15, -0.1) is 0 Å². The molecule has 1 aromatic carbocycles. The van der Waals surface area contributed by atoms with E-state index in [2.05, 4.69) is 34.6 Å². The first-order chi connectivity index (χ1) is 13.7. The number of aliphatic imine (C=N–C) groups is 1. The van der Waals surface area contributed by atoms with Crippen molar-refractivity contribution in [3.63, 3.8) is 0 Å². The largest absolute Gasteiger partial charge is 0.497 e. The summed E-state index contributed by atoms with van der Waals surface area (Å²) in [4.78, 5) is 18.7. The van der Waals surface area contributed by atoms with E-state index in [-0.39, 0.29) is 5.91 Å². The first-order valence-electron chi connectivity index (χ1n) is 10.5. The Hall–Kier alpha value is -2.24. The summed E-state index contributed by atoms with van der Waals surface area (Å²) in [7, 11) is 3.40. The fourth-order valence-electron chi connectivity index (χ4n) is 3.56. The van der Waals surface area contributed by atoms with Gasteiger partial charge in [-0.05, 0) is 62.6 Å². The number of aryl methyl sites for hydroxylation is 1. The fourth-order valence-corrected chi connectivity index (χ4v) is 3.56. The van der Waals surface area contributed by atoms with E-state index in [4.69, 9.17) is 9.73 Å². The minimum atomic E-state index is 0.149. The second-order valence-electron chi connectivity index (χ2n) is 7.35. The number of benzene rings is 1. The highest BCUT2D eigenvalue weighted by Crippen LogP contribution is 2.20. The Morgan fingerprint density at radius 1 is 1.21 bits per heavy atom. The Morgan fingerprint density at radius 2 is 1.93 bits per heavy atom. The number of unbranched alkanes of at least 4 members (excludes halogenated alkanes) is 1. The molecule has 0 radical (unpaired) electrons. The zero-order valence-corrected chi connectivity index (χ0v) is 17.7. The highest BCUT2D eigenvalue weighted by atomic mass is 16.5. The van der Waals surface area contributed by atoms with E-state index in [0.29, 0.717) is 12.3 Å². The second kappa shape index (κ2) is 12.3. The third kappa shape index (κ3) is 7.41. The van der Waals surface area contributed by atoms with E-state index in [1.807, 2.05) is 12.1 Å². The molecule has 0 spiro atoms. The normalized spacial score (nSPS) is 15.4. The van der Waals surface area contributed by atoms with Gasteiger partial charge in [0.1, 0.15) is 5.75 Å². The highest BCUT2D eigenvalue weighted by molar-refractivity contribution is 5.80. The molecule has 1 saturated heterocycles. The van der Waals surface area contributed by atoms with Gasteiger partial charge in [-0.1, -0.05) is 12.1 Å². The van der Waals surface area contributed by atoms with Gasteiger partial charge in [0.15, 0.2) is 5.96 Å². The predicted octanol–water partition coefficient (Wildman–Crippen LogP) is 2.83. The molecule has 6 nitrogen and oxygen atoms in total. The first-order valence-corrected chi connectivity index (χ1v) is 10.5. The summed E-state index contributed by atoms with van der Waals surface area (Å²) in [5.74, 6) is 2.56. The summed E-state index contributed by atoms with van der Waals surface area (Å²) >= 11 is 0. The van der Waals surface area contributed by atoms with Gasteiger partial charge in [0.2, 0.25) is 5.91 Å². The number of carbonyl (C=O) groups is 1. The summed E-state index contributed by atoms with van der Waals surface area (Å²) in [6.45, 7) is 5.77. The van der Waals surface area contributed by atoms with Crippen LogP contribution in [0.25, 0.3) is 0 Å². The predicted molar refractivity (Wildman–Crippen MR) is 115 cm³/mol. The lowest BCUT2D eigenvalue weighted by atomic mass is 9.93. The Morgan fingerprint density at radius 3 is 2.54 bits per heavy atom. The number of rotatable bonds is 9. The van der Waals surface area contributed by atoms with Crippen LogP contribution >= 0.6 is 0 Å². The summed E-state index contributed by atoms with van der Waals surface area (Å²) in [5, 5.41) is 6.15. The number of methoxy groups -OCH3 is 1. The molecule has 28 heavy (non-hydrogen) atoms. The SMILES string of the molecule is CCNC(=NCCCCc1ccc(OC)cc1)N1CCC(CC(=O)NC)CC1. The molecule has 1 aliphatic rings. The van der Waals surface area contributed by atoms with E-state index in [0.717, 1.165) is 70.0 Å². The minimum absolute atomic E-state index is 0.149. The molecule has 0 aliphatic carbocycles. The molecule has 1 amide bonds. The molecule has 2 N–H and O–H groups in total. The molecule has 2 rings (SSSR count). The number of ether oxygens (including phenoxy) is 1.